The van der Waals surface area contributed by atoms with Crippen molar-refractivity contribution in [1.29, 1.82) is 0 Å². The predicted octanol–water partition coefficient (Wildman–Crippen LogP) is 1.28. The van der Waals surface area contributed by atoms with E-state index in [0.717, 1.165) is 25.1 Å². The number of hydrogen-bond acceptors (Lipinski definition) is 3. The Morgan fingerprint density at radius 3 is 2.93 bits per heavy atom. The summed E-state index contributed by atoms with van der Waals surface area (Å²) >= 11 is 0. The molecule has 0 saturated carbocycles. The fourth-order valence-electron chi connectivity index (χ4n) is 2.00. The molecule has 3 N–H and O–H groups in total. The summed E-state index contributed by atoms with van der Waals surface area (Å²) in [5, 5.41) is 9.50. The molecule has 1 fully saturated rings. The van der Waals surface area contributed by atoms with Gasteiger partial charge in [0.15, 0.2) is 0 Å². The first-order valence-electron chi connectivity index (χ1n) is 5.45. The van der Waals surface area contributed by atoms with Crippen LogP contribution in [0.15, 0.2) is 24.3 Å². The van der Waals surface area contributed by atoms with Gasteiger partial charge in [0, 0.05) is 24.8 Å². The van der Waals surface area contributed by atoms with Crippen LogP contribution in [0.4, 0.5) is 5.69 Å². The van der Waals surface area contributed by atoms with Crippen LogP contribution in [0.25, 0.3) is 0 Å². The molecule has 15 heavy (non-hydrogen) atoms. The van der Waals surface area contributed by atoms with E-state index >= 15 is 0 Å². The summed E-state index contributed by atoms with van der Waals surface area (Å²) in [5.41, 5.74) is 8.00. The number of aliphatic hydroxyl groups excluding tert-OH is 1. The Hall–Kier alpha value is -1.06. The standard InChI is InChI=1S/C12H18N2O/c1-9(15)10-3-2-4-12(7-10)14-6-5-11(13)8-14/h2-4,7,9,11,15H,5-6,8,13H2,1H3/t9?,11-/m0/s1. The first kappa shape index (κ1) is 10.5. The molecule has 3 heteroatoms. The quantitative estimate of drug-likeness (QED) is 0.766. The summed E-state index contributed by atoms with van der Waals surface area (Å²) in [5.74, 6) is 0. The van der Waals surface area contributed by atoms with Gasteiger partial charge in [-0.15, -0.1) is 0 Å². The topological polar surface area (TPSA) is 49.5 Å². The third kappa shape index (κ3) is 2.30. The van der Waals surface area contributed by atoms with Crippen LogP contribution in [0.2, 0.25) is 0 Å². The van der Waals surface area contributed by atoms with Crippen molar-refractivity contribution >= 4 is 5.69 Å². The van der Waals surface area contributed by atoms with Crippen LogP contribution in [-0.4, -0.2) is 24.2 Å². The molecule has 0 aromatic heterocycles. The van der Waals surface area contributed by atoms with Gasteiger partial charge in [0.25, 0.3) is 0 Å². The number of nitrogens with two attached hydrogens (primary N) is 1. The molecule has 0 radical (unpaired) electrons. The zero-order valence-electron chi connectivity index (χ0n) is 9.06. The first-order chi connectivity index (χ1) is 7.16. The van der Waals surface area contributed by atoms with E-state index in [0.29, 0.717) is 6.04 Å². The molecule has 1 saturated heterocycles. The van der Waals surface area contributed by atoms with Crippen LogP contribution in [-0.2, 0) is 0 Å². The van der Waals surface area contributed by atoms with E-state index in [2.05, 4.69) is 11.0 Å². The molecule has 0 spiro atoms. The zero-order chi connectivity index (χ0) is 10.8. The number of anilines is 1. The van der Waals surface area contributed by atoms with Crippen molar-refractivity contribution in [3.8, 4) is 0 Å². The van der Waals surface area contributed by atoms with Gasteiger partial charge in [-0.05, 0) is 31.0 Å². The Labute approximate surface area is 90.5 Å². The van der Waals surface area contributed by atoms with Crippen LogP contribution in [0.1, 0.15) is 25.0 Å². The average Bonchev–Trinajstić information content (AvgIpc) is 2.65. The Bertz CT molecular complexity index is 338. The lowest BCUT2D eigenvalue weighted by molar-refractivity contribution is 0.199. The fourth-order valence-corrected chi connectivity index (χ4v) is 2.00. The summed E-state index contributed by atoms with van der Waals surface area (Å²) in [4.78, 5) is 2.27. The molecule has 2 atom stereocenters. The lowest BCUT2D eigenvalue weighted by atomic mass is 10.1. The van der Waals surface area contributed by atoms with Crippen molar-refractivity contribution in [2.75, 3.05) is 18.0 Å². The number of benzene rings is 1. The molecule has 3 nitrogen and oxygen atoms in total. The summed E-state index contributed by atoms with van der Waals surface area (Å²) in [6, 6.07) is 8.35. The maximum Gasteiger partial charge on any atom is 0.0762 e. The van der Waals surface area contributed by atoms with E-state index in [9.17, 15) is 5.11 Å². The van der Waals surface area contributed by atoms with Gasteiger partial charge in [-0.3, -0.25) is 0 Å². The van der Waals surface area contributed by atoms with Gasteiger partial charge in [0.1, 0.15) is 0 Å². The molecular weight excluding hydrogens is 188 g/mol. The molecule has 1 aromatic rings. The molecule has 82 valence electrons. The second-order valence-electron chi connectivity index (χ2n) is 4.27. The van der Waals surface area contributed by atoms with E-state index in [1.54, 1.807) is 6.92 Å². The number of hydrogen-bond donors (Lipinski definition) is 2. The maximum atomic E-state index is 9.50. The summed E-state index contributed by atoms with van der Waals surface area (Å²) in [7, 11) is 0. The van der Waals surface area contributed by atoms with Gasteiger partial charge < -0.3 is 15.7 Å². The van der Waals surface area contributed by atoms with Gasteiger partial charge >= 0.3 is 0 Å². The third-order valence-corrected chi connectivity index (χ3v) is 2.94. The summed E-state index contributed by atoms with van der Waals surface area (Å²) in [6.07, 6.45) is 0.653. The van der Waals surface area contributed by atoms with E-state index in [1.807, 2.05) is 18.2 Å². The lowest BCUT2D eigenvalue weighted by Crippen LogP contribution is -2.26. The molecule has 2 rings (SSSR count). The van der Waals surface area contributed by atoms with Gasteiger partial charge in [0.05, 0.1) is 6.10 Å². The molecule has 1 aliphatic heterocycles. The molecule has 0 amide bonds. The van der Waals surface area contributed by atoms with Gasteiger partial charge in [-0.2, -0.15) is 0 Å². The minimum Gasteiger partial charge on any atom is -0.389 e. The zero-order valence-corrected chi connectivity index (χ0v) is 9.06. The Balaban J connectivity index is 2.18. The van der Waals surface area contributed by atoms with Crippen LogP contribution in [0.5, 0.6) is 0 Å². The van der Waals surface area contributed by atoms with Gasteiger partial charge in [-0.25, -0.2) is 0 Å². The van der Waals surface area contributed by atoms with Crippen LogP contribution in [0.3, 0.4) is 0 Å². The van der Waals surface area contributed by atoms with E-state index in [4.69, 9.17) is 5.73 Å². The van der Waals surface area contributed by atoms with Crippen molar-refractivity contribution in [2.24, 2.45) is 5.73 Å². The monoisotopic (exact) mass is 206 g/mol. The highest BCUT2D eigenvalue weighted by molar-refractivity contribution is 5.50. The minimum atomic E-state index is -0.402. The molecular formula is C12H18N2O. The number of rotatable bonds is 2. The molecule has 0 aliphatic carbocycles. The van der Waals surface area contributed by atoms with E-state index in [1.165, 1.54) is 5.69 Å². The smallest absolute Gasteiger partial charge is 0.0762 e. The molecule has 1 aliphatic rings. The van der Waals surface area contributed by atoms with Crippen molar-refractivity contribution in [1.82, 2.24) is 0 Å². The SMILES string of the molecule is CC(O)c1cccc(N2CC[C@H](N)C2)c1. The molecule has 0 bridgehead atoms. The lowest BCUT2D eigenvalue weighted by Gasteiger charge is -2.19. The normalized spacial score (nSPS) is 23.1. The summed E-state index contributed by atoms with van der Waals surface area (Å²) < 4.78 is 0. The number of aliphatic hydroxyl groups is 1. The van der Waals surface area contributed by atoms with Crippen molar-refractivity contribution in [2.45, 2.75) is 25.5 Å². The Kier molecular flexibility index (Phi) is 2.93. The third-order valence-electron chi connectivity index (χ3n) is 2.94. The largest absolute Gasteiger partial charge is 0.389 e. The Morgan fingerprint density at radius 1 is 1.53 bits per heavy atom. The summed E-state index contributed by atoms with van der Waals surface area (Å²) in [6.45, 7) is 3.72. The Morgan fingerprint density at radius 2 is 2.33 bits per heavy atom. The second-order valence-corrected chi connectivity index (χ2v) is 4.27. The van der Waals surface area contributed by atoms with E-state index in [-0.39, 0.29) is 0 Å². The first-order valence-corrected chi connectivity index (χ1v) is 5.45. The van der Waals surface area contributed by atoms with Gasteiger partial charge in [0.2, 0.25) is 0 Å². The van der Waals surface area contributed by atoms with Crippen LogP contribution < -0.4 is 10.6 Å². The molecule has 1 heterocycles. The fraction of sp³-hybridized carbons (Fsp3) is 0.500. The molecule has 1 aromatic carbocycles. The van der Waals surface area contributed by atoms with Gasteiger partial charge in [-0.1, -0.05) is 12.1 Å². The van der Waals surface area contributed by atoms with Crippen LogP contribution in [0, 0.1) is 0 Å². The highest BCUT2D eigenvalue weighted by Gasteiger charge is 2.19. The highest BCUT2D eigenvalue weighted by Crippen LogP contribution is 2.23. The average molecular weight is 206 g/mol. The maximum absolute atomic E-state index is 9.50. The van der Waals surface area contributed by atoms with Crippen LogP contribution >= 0.6 is 0 Å². The highest BCUT2D eigenvalue weighted by atomic mass is 16.3. The van der Waals surface area contributed by atoms with Crippen molar-refractivity contribution in [3.05, 3.63) is 29.8 Å². The number of nitrogens with zero attached hydrogens (tertiary/aromatic N) is 1. The predicted molar refractivity (Wildman–Crippen MR) is 61.9 cm³/mol. The minimum absolute atomic E-state index is 0.292. The van der Waals surface area contributed by atoms with E-state index < -0.39 is 6.10 Å². The van der Waals surface area contributed by atoms with Crippen molar-refractivity contribution < 1.29 is 5.11 Å². The van der Waals surface area contributed by atoms with Crippen molar-refractivity contribution in [3.63, 3.8) is 0 Å². The second kappa shape index (κ2) is 4.21. The molecule has 1 unspecified atom stereocenters.